The molecule has 0 amide bonds. The van der Waals surface area contributed by atoms with Gasteiger partial charge in [-0.3, -0.25) is 11.3 Å². The lowest BCUT2D eigenvalue weighted by Gasteiger charge is -2.17. The summed E-state index contributed by atoms with van der Waals surface area (Å²) in [5, 5.41) is 1.38. The largest absolute Gasteiger partial charge is 0.271 e. The molecule has 2 aromatic rings. The van der Waals surface area contributed by atoms with E-state index >= 15 is 0 Å². The first kappa shape index (κ1) is 15.3. The average Bonchev–Trinajstić information content (AvgIpc) is 2.47. The van der Waals surface area contributed by atoms with Crippen LogP contribution >= 0.6 is 23.2 Å². The molecule has 2 nitrogen and oxygen atoms in total. The molecule has 1 atom stereocenters. The molecule has 0 bridgehead atoms. The molecular formula is C16H18Cl2N2. The molecule has 2 aromatic carbocycles. The van der Waals surface area contributed by atoms with Crippen LogP contribution in [0.25, 0.3) is 0 Å². The van der Waals surface area contributed by atoms with Crippen molar-refractivity contribution in [3.8, 4) is 0 Å². The Morgan fingerprint density at radius 1 is 0.950 bits per heavy atom. The quantitative estimate of drug-likeness (QED) is 0.625. The molecule has 0 aliphatic rings. The molecule has 20 heavy (non-hydrogen) atoms. The lowest BCUT2D eigenvalue weighted by Crippen LogP contribution is -2.37. The fourth-order valence-corrected chi connectivity index (χ4v) is 2.76. The molecule has 0 fully saturated rings. The van der Waals surface area contributed by atoms with Crippen molar-refractivity contribution in [1.82, 2.24) is 5.43 Å². The molecule has 0 heterocycles. The zero-order valence-electron chi connectivity index (χ0n) is 11.2. The van der Waals surface area contributed by atoms with Crippen LogP contribution in [-0.4, -0.2) is 6.04 Å². The molecule has 0 aliphatic carbocycles. The van der Waals surface area contributed by atoms with E-state index in [9.17, 15) is 0 Å². The first-order valence-corrected chi connectivity index (χ1v) is 7.39. The first-order valence-electron chi connectivity index (χ1n) is 6.63. The van der Waals surface area contributed by atoms with E-state index < -0.39 is 0 Å². The van der Waals surface area contributed by atoms with Crippen molar-refractivity contribution in [3.63, 3.8) is 0 Å². The van der Waals surface area contributed by atoms with E-state index in [1.54, 1.807) is 0 Å². The van der Waals surface area contributed by atoms with E-state index in [0.29, 0.717) is 10.0 Å². The van der Waals surface area contributed by atoms with Gasteiger partial charge in [-0.2, -0.15) is 0 Å². The smallest absolute Gasteiger partial charge is 0.0453 e. The Balaban J connectivity index is 1.99. The maximum absolute atomic E-state index is 6.19. The Morgan fingerprint density at radius 2 is 1.60 bits per heavy atom. The standard InChI is InChI=1S/C16H18Cl2N2/c17-15-7-4-8-16(18)14(15)11-13(20-19)10-9-12-5-2-1-3-6-12/h1-8,13,20H,9-11,19H2. The normalized spacial score (nSPS) is 12.3. The molecule has 106 valence electrons. The van der Waals surface area contributed by atoms with Crippen LogP contribution < -0.4 is 11.3 Å². The fourth-order valence-electron chi connectivity index (χ4n) is 2.20. The summed E-state index contributed by atoms with van der Waals surface area (Å²) in [6.07, 6.45) is 2.63. The van der Waals surface area contributed by atoms with Gasteiger partial charge in [-0.05, 0) is 42.5 Å². The number of nitrogens with two attached hydrogens (primary N) is 1. The third-order valence-corrected chi connectivity index (χ3v) is 4.08. The van der Waals surface area contributed by atoms with E-state index in [0.717, 1.165) is 24.8 Å². The zero-order valence-corrected chi connectivity index (χ0v) is 12.7. The van der Waals surface area contributed by atoms with E-state index in [4.69, 9.17) is 29.0 Å². The number of benzene rings is 2. The number of rotatable bonds is 6. The topological polar surface area (TPSA) is 38.0 Å². The number of halogens is 2. The number of hydrogen-bond donors (Lipinski definition) is 2. The van der Waals surface area contributed by atoms with Crippen LogP contribution in [-0.2, 0) is 12.8 Å². The van der Waals surface area contributed by atoms with Crippen molar-refractivity contribution >= 4 is 23.2 Å². The molecule has 2 rings (SSSR count). The zero-order chi connectivity index (χ0) is 14.4. The fraction of sp³-hybridized carbons (Fsp3) is 0.250. The van der Waals surface area contributed by atoms with Gasteiger partial charge >= 0.3 is 0 Å². The predicted octanol–water partition coefficient (Wildman–Crippen LogP) is 4.00. The van der Waals surface area contributed by atoms with Gasteiger partial charge in [0.05, 0.1) is 0 Å². The molecule has 0 spiro atoms. The highest BCUT2D eigenvalue weighted by Crippen LogP contribution is 2.26. The highest BCUT2D eigenvalue weighted by Gasteiger charge is 2.13. The van der Waals surface area contributed by atoms with E-state index in [2.05, 4.69) is 17.6 Å². The summed E-state index contributed by atoms with van der Waals surface area (Å²) in [5.74, 6) is 5.65. The Hall–Kier alpha value is -1.06. The van der Waals surface area contributed by atoms with Crippen LogP contribution in [0.5, 0.6) is 0 Å². The number of hydrazine groups is 1. The predicted molar refractivity (Wildman–Crippen MR) is 86.0 cm³/mol. The van der Waals surface area contributed by atoms with Crippen LogP contribution in [0.1, 0.15) is 17.5 Å². The van der Waals surface area contributed by atoms with Crippen LogP contribution in [0.15, 0.2) is 48.5 Å². The highest BCUT2D eigenvalue weighted by atomic mass is 35.5. The lowest BCUT2D eigenvalue weighted by atomic mass is 9.99. The summed E-state index contributed by atoms with van der Waals surface area (Å²) in [6, 6.07) is 16.1. The van der Waals surface area contributed by atoms with Gasteiger partial charge in [0.2, 0.25) is 0 Å². The number of hydrogen-bond acceptors (Lipinski definition) is 2. The Bertz CT molecular complexity index is 523. The molecule has 0 radical (unpaired) electrons. The molecule has 3 N–H and O–H groups in total. The van der Waals surface area contributed by atoms with E-state index in [1.165, 1.54) is 5.56 Å². The third kappa shape index (κ3) is 4.22. The molecule has 0 aromatic heterocycles. The third-order valence-electron chi connectivity index (χ3n) is 3.37. The Kier molecular flexibility index (Phi) is 5.86. The van der Waals surface area contributed by atoms with Gasteiger partial charge in [0.1, 0.15) is 0 Å². The maximum Gasteiger partial charge on any atom is 0.0453 e. The van der Waals surface area contributed by atoms with Gasteiger partial charge in [-0.1, -0.05) is 59.6 Å². The van der Waals surface area contributed by atoms with Gasteiger partial charge < -0.3 is 0 Å². The van der Waals surface area contributed by atoms with Gasteiger partial charge in [-0.25, -0.2) is 0 Å². The number of nitrogens with one attached hydrogen (secondary N) is 1. The molecule has 1 unspecified atom stereocenters. The van der Waals surface area contributed by atoms with E-state index in [1.807, 2.05) is 36.4 Å². The van der Waals surface area contributed by atoms with Crippen LogP contribution in [0.4, 0.5) is 0 Å². The van der Waals surface area contributed by atoms with Gasteiger partial charge in [-0.15, -0.1) is 0 Å². The minimum atomic E-state index is 0.146. The lowest BCUT2D eigenvalue weighted by molar-refractivity contribution is 0.491. The molecule has 0 aliphatic heterocycles. The average molecular weight is 309 g/mol. The summed E-state index contributed by atoms with van der Waals surface area (Å²) in [7, 11) is 0. The van der Waals surface area contributed by atoms with Crippen LogP contribution in [0.3, 0.4) is 0 Å². The molecular weight excluding hydrogens is 291 g/mol. The number of aryl methyl sites for hydroxylation is 1. The summed E-state index contributed by atoms with van der Waals surface area (Å²) in [6.45, 7) is 0. The van der Waals surface area contributed by atoms with Crippen molar-refractivity contribution in [2.24, 2.45) is 5.84 Å². The SMILES string of the molecule is NNC(CCc1ccccc1)Cc1c(Cl)cccc1Cl. The second-order valence-corrected chi connectivity index (χ2v) is 5.61. The second kappa shape index (κ2) is 7.65. The van der Waals surface area contributed by atoms with Crippen LogP contribution in [0.2, 0.25) is 10.0 Å². The summed E-state index contributed by atoms with van der Waals surface area (Å²) >= 11 is 12.4. The summed E-state index contributed by atoms with van der Waals surface area (Å²) < 4.78 is 0. The molecule has 0 saturated heterocycles. The summed E-state index contributed by atoms with van der Waals surface area (Å²) in [5.41, 5.74) is 5.11. The minimum absolute atomic E-state index is 0.146. The van der Waals surface area contributed by atoms with Gasteiger partial charge in [0.15, 0.2) is 0 Å². The van der Waals surface area contributed by atoms with Crippen molar-refractivity contribution in [2.75, 3.05) is 0 Å². The van der Waals surface area contributed by atoms with Crippen molar-refractivity contribution in [1.29, 1.82) is 0 Å². The van der Waals surface area contributed by atoms with Crippen molar-refractivity contribution < 1.29 is 0 Å². The van der Waals surface area contributed by atoms with Gasteiger partial charge in [0, 0.05) is 16.1 Å². The Labute approximate surface area is 129 Å². The Morgan fingerprint density at radius 3 is 2.20 bits per heavy atom. The monoisotopic (exact) mass is 308 g/mol. The summed E-state index contributed by atoms with van der Waals surface area (Å²) in [4.78, 5) is 0. The highest BCUT2D eigenvalue weighted by molar-refractivity contribution is 6.36. The van der Waals surface area contributed by atoms with Gasteiger partial charge in [0.25, 0.3) is 0 Å². The van der Waals surface area contributed by atoms with Crippen molar-refractivity contribution in [3.05, 3.63) is 69.7 Å². The second-order valence-electron chi connectivity index (χ2n) is 4.79. The minimum Gasteiger partial charge on any atom is -0.271 e. The maximum atomic E-state index is 6.19. The van der Waals surface area contributed by atoms with Crippen molar-refractivity contribution in [2.45, 2.75) is 25.3 Å². The molecule has 0 saturated carbocycles. The van der Waals surface area contributed by atoms with Crippen LogP contribution in [0, 0.1) is 0 Å². The molecule has 4 heteroatoms. The first-order chi connectivity index (χ1) is 9.70. The van der Waals surface area contributed by atoms with E-state index in [-0.39, 0.29) is 6.04 Å².